The molecule has 1 fully saturated rings. The second kappa shape index (κ2) is 4.60. The standard InChI is InChI=1S/C11H13ClN2O3/c1-11(6-13-7-11)17-5-8-9(12)3-2-4-10(8)14(15)16/h2-4,13H,5-7H2,1H3. The van der Waals surface area contributed by atoms with Crippen molar-refractivity contribution in [3.05, 3.63) is 38.9 Å². The highest BCUT2D eigenvalue weighted by Gasteiger charge is 2.33. The van der Waals surface area contributed by atoms with Crippen LogP contribution >= 0.6 is 11.6 Å². The molecule has 0 aromatic heterocycles. The van der Waals surface area contributed by atoms with Crippen LogP contribution in [-0.2, 0) is 11.3 Å². The van der Waals surface area contributed by atoms with Crippen LogP contribution in [0.1, 0.15) is 12.5 Å². The monoisotopic (exact) mass is 256 g/mol. The zero-order valence-electron chi connectivity index (χ0n) is 9.40. The lowest BCUT2D eigenvalue weighted by atomic mass is 10.00. The molecule has 2 rings (SSSR count). The average Bonchev–Trinajstić information content (AvgIpc) is 2.24. The third kappa shape index (κ3) is 2.57. The topological polar surface area (TPSA) is 64.4 Å². The second-order valence-corrected chi connectivity index (χ2v) is 4.74. The maximum atomic E-state index is 10.9. The molecule has 1 heterocycles. The summed E-state index contributed by atoms with van der Waals surface area (Å²) in [5, 5.41) is 14.3. The van der Waals surface area contributed by atoms with Gasteiger partial charge in [0.15, 0.2) is 0 Å². The maximum absolute atomic E-state index is 10.9. The normalized spacial score (nSPS) is 17.5. The van der Waals surface area contributed by atoms with Crippen molar-refractivity contribution in [2.24, 2.45) is 0 Å². The molecule has 1 aliphatic heterocycles. The fraction of sp³-hybridized carbons (Fsp3) is 0.455. The highest BCUT2D eigenvalue weighted by Crippen LogP contribution is 2.29. The number of hydrogen-bond acceptors (Lipinski definition) is 4. The van der Waals surface area contributed by atoms with Crippen LogP contribution in [0.3, 0.4) is 0 Å². The third-order valence-corrected chi connectivity index (χ3v) is 3.21. The Morgan fingerprint density at radius 2 is 2.29 bits per heavy atom. The van der Waals surface area contributed by atoms with Crippen LogP contribution in [0.15, 0.2) is 18.2 Å². The Kier molecular flexibility index (Phi) is 3.33. The zero-order chi connectivity index (χ0) is 12.5. The lowest BCUT2D eigenvalue weighted by Crippen LogP contribution is -2.58. The molecule has 0 aliphatic carbocycles. The van der Waals surface area contributed by atoms with E-state index in [0.29, 0.717) is 10.6 Å². The molecule has 1 aromatic carbocycles. The summed E-state index contributed by atoms with van der Waals surface area (Å²) in [4.78, 5) is 10.4. The first-order chi connectivity index (χ1) is 8.02. The van der Waals surface area contributed by atoms with Gasteiger partial charge in [-0.1, -0.05) is 17.7 Å². The molecule has 6 heteroatoms. The van der Waals surface area contributed by atoms with Gasteiger partial charge in [0.1, 0.15) is 0 Å². The van der Waals surface area contributed by atoms with Gasteiger partial charge in [0.25, 0.3) is 5.69 Å². The maximum Gasteiger partial charge on any atom is 0.276 e. The zero-order valence-corrected chi connectivity index (χ0v) is 10.2. The minimum Gasteiger partial charge on any atom is -0.368 e. The molecular weight excluding hydrogens is 244 g/mol. The van der Waals surface area contributed by atoms with Gasteiger partial charge in [-0.3, -0.25) is 10.1 Å². The first kappa shape index (κ1) is 12.3. The van der Waals surface area contributed by atoms with Gasteiger partial charge in [-0.2, -0.15) is 0 Å². The molecule has 0 radical (unpaired) electrons. The predicted octanol–water partition coefficient (Wildman–Crippen LogP) is 2.13. The van der Waals surface area contributed by atoms with Crippen molar-refractivity contribution in [2.75, 3.05) is 13.1 Å². The minimum atomic E-state index is -0.439. The molecule has 1 aromatic rings. The molecule has 1 N–H and O–H groups in total. The number of hydrogen-bond donors (Lipinski definition) is 1. The quantitative estimate of drug-likeness (QED) is 0.662. The summed E-state index contributed by atoms with van der Waals surface area (Å²) in [6.07, 6.45) is 0. The van der Waals surface area contributed by atoms with Gasteiger partial charge in [-0.05, 0) is 13.0 Å². The van der Waals surface area contributed by atoms with Gasteiger partial charge in [0, 0.05) is 19.2 Å². The lowest BCUT2D eigenvalue weighted by molar-refractivity contribution is -0.386. The Hall–Kier alpha value is -1.17. The Morgan fingerprint density at radius 1 is 1.59 bits per heavy atom. The van der Waals surface area contributed by atoms with Gasteiger partial charge in [-0.15, -0.1) is 0 Å². The molecule has 1 aliphatic rings. The summed E-state index contributed by atoms with van der Waals surface area (Å²) in [5.41, 5.74) is 0.202. The molecule has 0 bridgehead atoms. The molecule has 17 heavy (non-hydrogen) atoms. The average molecular weight is 257 g/mol. The SMILES string of the molecule is CC1(OCc2c(Cl)cccc2[N+](=O)[O-])CNC1. The summed E-state index contributed by atoms with van der Waals surface area (Å²) in [6, 6.07) is 4.64. The van der Waals surface area contributed by atoms with E-state index in [1.165, 1.54) is 6.07 Å². The van der Waals surface area contributed by atoms with Crippen LogP contribution in [0, 0.1) is 10.1 Å². The Labute approximate surface area is 104 Å². The number of nitro groups is 1. The summed E-state index contributed by atoms with van der Waals surface area (Å²) >= 11 is 5.96. The van der Waals surface area contributed by atoms with Gasteiger partial charge in [0.05, 0.1) is 27.7 Å². The first-order valence-electron chi connectivity index (χ1n) is 5.28. The number of nitro benzene ring substituents is 1. The van der Waals surface area contributed by atoms with Gasteiger partial charge in [-0.25, -0.2) is 0 Å². The highest BCUT2D eigenvalue weighted by atomic mass is 35.5. The highest BCUT2D eigenvalue weighted by molar-refractivity contribution is 6.31. The van der Waals surface area contributed by atoms with Crippen LogP contribution in [0.25, 0.3) is 0 Å². The molecule has 92 valence electrons. The summed E-state index contributed by atoms with van der Waals surface area (Å²) in [6.45, 7) is 3.64. The number of halogens is 1. The van der Waals surface area contributed by atoms with Gasteiger partial charge >= 0.3 is 0 Å². The molecule has 0 atom stereocenters. The Balaban J connectivity index is 2.16. The Morgan fingerprint density at radius 3 is 2.82 bits per heavy atom. The van der Waals surface area contributed by atoms with E-state index >= 15 is 0 Å². The number of nitrogens with zero attached hydrogens (tertiary/aromatic N) is 1. The summed E-state index contributed by atoms with van der Waals surface area (Å²) in [5.74, 6) is 0. The largest absolute Gasteiger partial charge is 0.368 e. The van der Waals surface area contributed by atoms with Crippen LogP contribution in [0.4, 0.5) is 5.69 Å². The van der Waals surface area contributed by atoms with Crippen LogP contribution in [-0.4, -0.2) is 23.6 Å². The van der Waals surface area contributed by atoms with Crippen LogP contribution < -0.4 is 5.32 Å². The number of nitrogens with one attached hydrogen (secondary N) is 1. The first-order valence-corrected chi connectivity index (χ1v) is 5.66. The van der Waals surface area contributed by atoms with Crippen LogP contribution in [0.5, 0.6) is 0 Å². The van der Waals surface area contributed by atoms with E-state index in [1.807, 2.05) is 6.92 Å². The molecular formula is C11H13ClN2O3. The summed E-state index contributed by atoms with van der Waals surface area (Å²) < 4.78 is 5.67. The van der Waals surface area contributed by atoms with E-state index in [9.17, 15) is 10.1 Å². The minimum absolute atomic E-state index is 0.00776. The molecule has 0 spiro atoms. The van der Waals surface area contributed by atoms with E-state index < -0.39 is 4.92 Å². The molecule has 5 nitrogen and oxygen atoms in total. The fourth-order valence-electron chi connectivity index (χ4n) is 1.69. The van der Waals surface area contributed by atoms with Crippen molar-refractivity contribution >= 4 is 17.3 Å². The lowest BCUT2D eigenvalue weighted by Gasteiger charge is -2.39. The van der Waals surface area contributed by atoms with Crippen molar-refractivity contribution in [3.8, 4) is 0 Å². The van der Waals surface area contributed by atoms with E-state index in [1.54, 1.807) is 12.1 Å². The number of rotatable bonds is 4. The van der Waals surface area contributed by atoms with Crippen molar-refractivity contribution < 1.29 is 9.66 Å². The van der Waals surface area contributed by atoms with Crippen molar-refractivity contribution in [3.63, 3.8) is 0 Å². The second-order valence-electron chi connectivity index (χ2n) is 4.34. The molecule has 0 unspecified atom stereocenters. The van der Waals surface area contributed by atoms with Gasteiger partial charge < -0.3 is 10.1 Å². The molecule has 0 amide bonds. The van der Waals surface area contributed by atoms with Crippen LogP contribution in [0.2, 0.25) is 5.02 Å². The Bertz CT molecular complexity index is 446. The van der Waals surface area contributed by atoms with E-state index in [2.05, 4.69) is 5.32 Å². The van der Waals surface area contributed by atoms with Crippen molar-refractivity contribution in [1.82, 2.24) is 5.32 Å². The van der Waals surface area contributed by atoms with Crippen molar-refractivity contribution in [2.45, 2.75) is 19.1 Å². The fourth-order valence-corrected chi connectivity index (χ4v) is 1.91. The number of ether oxygens (including phenoxy) is 1. The smallest absolute Gasteiger partial charge is 0.276 e. The molecule has 0 saturated carbocycles. The van der Waals surface area contributed by atoms with E-state index in [0.717, 1.165) is 13.1 Å². The third-order valence-electron chi connectivity index (χ3n) is 2.85. The van der Waals surface area contributed by atoms with E-state index in [-0.39, 0.29) is 17.9 Å². The summed E-state index contributed by atoms with van der Waals surface area (Å²) in [7, 11) is 0. The molecule has 1 saturated heterocycles. The van der Waals surface area contributed by atoms with E-state index in [4.69, 9.17) is 16.3 Å². The predicted molar refractivity (Wildman–Crippen MR) is 64.2 cm³/mol. The van der Waals surface area contributed by atoms with Crippen molar-refractivity contribution in [1.29, 1.82) is 0 Å². The number of benzene rings is 1. The van der Waals surface area contributed by atoms with Gasteiger partial charge in [0.2, 0.25) is 0 Å².